The van der Waals surface area contributed by atoms with Gasteiger partial charge >= 0.3 is 5.97 Å². The number of allylic oxidation sites excluding steroid dienone is 6. The van der Waals surface area contributed by atoms with Crippen molar-refractivity contribution in [1.82, 2.24) is 0 Å². The van der Waals surface area contributed by atoms with Crippen LogP contribution >= 0.6 is 0 Å². The number of fused-ring (bicyclic) bond motifs is 7. The van der Waals surface area contributed by atoms with Gasteiger partial charge in [0, 0.05) is 18.1 Å². The largest absolute Gasteiger partial charge is 0.508 e. The Hall–Kier alpha value is -2.07. The second-order valence-corrected chi connectivity index (χ2v) is 17.0. The molecular formula is C40H60O4. The average Bonchev–Trinajstić information content (AvgIpc) is 3.37. The first-order valence-corrected chi connectivity index (χ1v) is 17.4. The Kier molecular flexibility index (Phi) is 8.80. The number of hydrogen-bond acceptors (Lipinski definition) is 4. The predicted molar refractivity (Wildman–Crippen MR) is 180 cm³/mol. The summed E-state index contributed by atoms with van der Waals surface area (Å²) in [7, 11) is 0. The van der Waals surface area contributed by atoms with Crippen LogP contribution in [0.25, 0.3) is 0 Å². The molecule has 0 heterocycles. The number of aliphatic hydroxyl groups excluding tert-OH is 2. The van der Waals surface area contributed by atoms with E-state index in [2.05, 4.69) is 54.7 Å². The summed E-state index contributed by atoms with van der Waals surface area (Å²) in [5, 5.41) is 20.4. The van der Waals surface area contributed by atoms with Crippen molar-refractivity contribution in [3.8, 4) is 0 Å². The normalized spacial score (nSPS) is 45.1. The topological polar surface area (TPSA) is 66.8 Å². The lowest BCUT2D eigenvalue weighted by atomic mass is 9.32. The van der Waals surface area contributed by atoms with Gasteiger partial charge in [-0.2, -0.15) is 0 Å². The van der Waals surface area contributed by atoms with E-state index in [0.717, 1.165) is 31.3 Å². The fourth-order valence-electron chi connectivity index (χ4n) is 12.5. The zero-order valence-corrected chi connectivity index (χ0v) is 28.8. The third-order valence-corrected chi connectivity index (χ3v) is 15.0. The predicted octanol–water partition coefficient (Wildman–Crippen LogP) is 9.68. The molecule has 244 valence electrons. The molecule has 0 saturated heterocycles. The Bertz CT molecular complexity index is 1250. The van der Waals surface area contributed by atoms with Crippen molar-refractivity contribution in [3.05, 3.63) is 60.4 Å². The minimum Gasteiger partial charge on any atom is -0.508 e. The summed E-state index contributed by atoms with van der Waals surface area (Å²) in [4.78, 5) is 13.0. The molecule has 5 aliphatic rings. The molecule has 10 unspecified atom stereocenters. The van der Waals surface area contributed by atoms with Crippen LogP contribution in [0.15, 0.2) is 60.4 Å². The second kappa shape index (κ2) is 11.6. The molecule has 44 heavy (non-hydrogen) atoms. The summed E-state index contributed by atoms with van der Waals surface area (Å²) in [5.74, 6) is 2.73. The third kappa shape index (κ3) is 5.01. The molecule has 4 nitrogen and oxygen atoms in total. The molecule has 5 aliphatic carbocycles. The van der Waals surface area contributed by atoms with Crippen LogP contribution in [0.2, 0.25) is 0 Å². The van der Waals surface area contributed by atoms with Gasteiger partial charge in [0.1, 0.15) is 11.9 Å². The van der Waals surface area contributed by atoms with E-state index in [-0.39, 0.29) is 44.9 Å². The van der Waals surface area contributed by atoms with Crippen LogP contribution in [0, 0.1) is 56.7 Å². The van der Waals surface area contributed by atoms with Crippen LogP contribution in [0.1, 0.15) is 113 Å². The molecule has 0 radical (unpaired) electrons. The summed E-state index contributed by atoms with van der Waals surface area (Å²) in [6.07, 6.45) is 19.6. The Labute approximate surface area is 267 Å². The van der Waals surface area contributed by atoms with Gasteiger partial charge in [-0.1, -0.05) is 71.1 Å². The van der Waals surface area contributed by atoms with E-state index in [1.165, 1.54) is 56.3 Å². The Morgan fingerprint density at radius 2 is 1.59 bits per heavy atom. The molecule has 0 aromatic rings. The highest BCUT2D eigenvalue weighted by atomic mass is 16.5. The fraction of sp³-hybridized carbons (Fsp3) is 0.725. The van der Waals surface area contributed by atoms with Crippen molar-refractivity contribution in [2.75, 3.05) is 6.61 Å². The van der Waals surface area contributed by atoms with Gasteiger partial charge < -0.3 is 14.9 Å². The molecule has 0 aliphatic heterocycles. The molecule has 0 aromatic carbocycles. The first-order valence-electron chi connectivity index (χ1n) is 17.4. The maximum atomic E-state index is 13.0. The van der Waals surface area contributed by atoms with Gasteiger partial charge in [0.15, 0.2) is 0 Å². The number of esters is 1. The van der Waals surface area contributed by atoms with E-state index >= 15 is 0 Å². The fourth-order valence-corrected chi connectivity index (χ4v) is 12.5. The zero-order valence-electron chi connectivity index (χ0n) is 28.8. The van der Waals surface area contributed by atoms with Crippen molar-refractivity contribution in [2.24, 2.45) is 56.7 Å². The lowest BCUT2D eigenvalue weighted by Gasteiger charge is -2.73. The van der Waals surface area contributed by atoms with Gasteiger partial charge in [-0.05, 0) is 141 Å². The smallest absolute Gasteiger partial charge is 0.331 e. The van der Waals surface area contributed by atoms with Crippen molar-refractivity contribution in [1.29, 1.82) is 0 Å². The van der Waals surface area contributed by atoms with Gasteiger partial charge in [0.05, 0.1) is 0 Å². The van der Waals surface area contributed by atoms with Gasteiger partial charge in [0.25, 0.3) is 0 Å². The van der Waals surface area contributed by atoms with E-state index < -0.39 is 0 Å². The number of ether oxygens (including phenoxy) is 1. The van der Waals surface area contributed by atoms with Crippen molar-refractivity contribution in [3.63, 3.8) is 0 Å². The Morgan fingerprint density at radius 1 is 0.864 bits per heavy atom. The van der Waals surface area contributed by atoms with Crippen LogP contribution in [0.5, 0.6) is 0 Å². The minimum atomic E-state index is -0.289. The molecule has 10 atom stereocenters. The number of rotatable bonds is 7. The molecule has 0 spiro atoms. The van der Waals surface area contributed by atoms with Crippen molar-refractivity contribution >= 4 is 5.97 Å². The maximum absolute atomic E-state index is 13.0. The monoisotopic (exact) mass is 604 g/mol. The number of hydrogen-bond donors (Lipinski definition) is 2. The quantitative estimate of drug-likeness (QED) is 0.0998. The summed E-state index contributed by atoms with van der Waals surface area (Å²) in [6.45, 7) is 25.1. The molecule has 5 rings (SSSR count). The summed E-state index contributed by atoms with van der Waals surface area (Å²) in [5.41, 5.74) is 2.93. The lowest BCUT2D eigenvalue weighted by Crippen LogP contribution is -2.67. The van der Waals surface area contributed by atoms with Gasteiger partial charge in [0.2, 0.25) is 0 Å². The van der Waals surface area contributed by atoms with Gasteiger partial charge in [-0.15, -0.1) is 0 Å². The second-order valence-electron chi connectivity index (χ2n) is 17.0. The van der Waals surface area contributed by atoms with Crippen molar-refractivity contribution < 1.29 is 19.7 Å². The maximum Gasteiger partial charge on any atom is 0.331 e. The van der Waals surface area contributed by atoms with Gasteiger partial charge in [-0.3, -0.25) is 0 Å². The number of carbonyl (C=O) groups is 1. The summed E-state index contributed by atoms with van der Waals surface area (Å²) in [6, 6.07) is 0. The average molecular weight is 605 g/mol. The molecule has 0 aromatic heterocycles. The molecule has 5 saturated carbocycles. The van der Waals surface area contributed by atoms with E-state index in [1.54, 1.807) is 18.2 Å². The first kappa shape index (κ1) is 33.3. The van der Waals surface area contributed by atoms with Crippen LogP contribution < -0.4 is 0 Å². The Balaban J connectivity index is 1.36. The minimum absolute atomic E-state index is 0.0921. The third-order valence-electron chi connectivity index (χ3n) is 15.0. The van der Waals surface area contributed by atoms with E-state index in [0.29, 0.717) is 36.2 Å². The highest BCUT2D eigenvalue weighted by Gasteiger charge is 2.71. The Morgan fingerprint density at radius 3 is 2.25 bits per heavy atom. The van der Waals surface area contributed by atoms with Gasteiger partial charge in [-0.25, -0.2) is 4.79 Å². The first-order chi connectivity index (χ1) is 20.6. The molecule has 0 amide bonds. The van der Waals surface area contributed by atoms with E-state index in [4.69, 9.17) is 4.74 Å². The van der Waals surface area contributed by atoms with Crippen LogP contribution in [-0.4, -0.2) is 28.9 Å². The number of aliphatic hydroxyl groups is 2. The van der Waals surface area contributed by atoms with Crippen LogP contribution in [0.3, 0.4) is 0 Å². The van der Waals surface area contributed by atoms with Crippen molar-refractivity contribution in [2.45, 2.75) is 119 Å². The highest BCUT2D eigenvalue weighted by Crippen LogP contribution is 2.77. The van der Waals surface area contributed by atoms with E-state index in [9.17, 15) is 15.0 Å². The standard InChI is InChI=1S/C40H60O4/c1-10-28(42)13-11-27(4)12-16-34(43)44-33-19-20-37(7)31(36(33,5)6)18-21-39(9)32(37)15-14-30-35-29(26(2)3)17-22-40(35,25-41)24-23-38(30,39)8/h10-13,16,29-33,35,41-42H,1-2,14-15,17-25H2,3-9H3. The molecule has 0 bridgehead atoms. The zero-order chi connectivity index (χ0) is 32.3. The molecular weight excluding hydrogens is 544 g/mol. The molecule has 5 fully saturated rings. The van der Waals surface area contributed by atoms with Crippen LogP contribution in [-0.2, 0) is 9.53 Å². The van der Waals surface area contributed by atoms with E-state index in [1.807, 2.05) is 6.92 Å². The summed E-state index contributed by atoms with van der Waals surface area (Å²) >= 11 is 0. The number of carbonyl (C=O) groups excluding carboxylic acids is 1. The molecule has 4 heteroatoms. The SMILES string of the molecule is C=CC(O)=CC=C(C)C=CC(=O)OC1CCC2(C)C(CCC3(C)C2CCC2C4C(C(=C)C)CCC4(CO)CCC23C)C1(C)C. The molecule has 2 N–H and O–H groups in total. The lowest BCUT2D eigenvalue weighted by molar-refractivity contribution is -0.251. The summed E-state index contributed by atoms with van der Waals surface area (Å²) < 4.78 is 6.20. The highest BCUT2D eigenvalue weighted by molar-refractivity contribution is 5.82. The van der Waals surface area contributed by atoms with Crippen LogP contribution in [0.4, 0.5) is 0 Å².